The fourth-order valence-corrected chi connectivity index (χ4v) is 1.50. The highest BCUT2D eigenvalue weighted by Gasteiger charge is 2.03. The van der Waals surface area contributed by atoms with Crippen LogP contribution in [0.25, 0.3) is 0 Å². The Kier molecular flexibility index (Phi) is 4.22. The summed E-state index contributed by atoms with van der Waals surface area (Å²) < 4.78 is 5.46. The number of hydrogen-bond donors (Lipinski definition) is 2. The van der Waals surface area contributed by atoms with Crippen LogP contribution in [0, 0.1) is 0 Å². The number of nitrogens with two attached hydrogens (primary N) is 1. The van der Waals surface area contributed by atoms with E-state index in [0.717, 1.165) is 5.56 Å². The molecule has 0 aliphatic heterocycles. The van der Waals surface area contributed by atoms with Gasteiger partial charge >= 0.3 is 6.01 Å². The molecule has 5 heteroatoms. The second-order valence-corrected chi connectivity index (χ2v) is 3.92. The van der Waals surface area contributed by atoms with Crippen LogP contribution in [0.3, 0.4) is 0 Å². The zero-order valence-electron chi connectivity index (χ0n) is 9.86. The molecule has 1 atom stereocenters. The molecule has 94 valence electrons. The van der Waals surface area contributed by atoms with E-state index >= 15 is 0 Å². The van der Waals surface area contributed by atoms with Crippen LogP contribution >= 0.6 is 0 Å². The summed E-state index contributed by atoms with van der Waals surface area (Å²) in [6.45, 7) is -0.0178. The highest BCUT2D eigenvalue weighted by Crippen LogP contribution is 2.18. The molecule has 1 aromatic carbocycles. The minimum Gasteiger partial charge on any atom is -0.424 e. The molecular formula is C13H15N3O2. The molecule has 0 bridgehead atoms. The molecule has 18 heavy (non-hydrogen) atoms. The van der Waals surface area contributed by atoms with Crippen LogP contribution in [-0.2, 0) is 6.42 Å². The van der Waals surface area contributed by atoms with Crippen LogP contribution in [0.4, 0.5) is 0 Å². The predicted molar refractivity (Wildman–Crippen MR) is 67.3 cm³/mol. The zero-order chi connectivity index (χ0) is 12.8. The molecule has 3 N–H and O–H groups in total. The average molecular weight is 245 g/mol. The van der Waals surface area contributed by atoms with E-state index < -0.39 is 0 Å². The van der Waals surface area contributed by atoms with Crippen LogP contribution < -0.4 is 10.5 Å². The van der Waals surface area contributed by atoms with Gasteiger partial charge in [-0.15, -0.1) is 0 Å². The molecule has 1 unspecified atom stereocenters. The van der Waals surface area contributed by atoms with Crippen molar-refractivity contribution in [2.45, 2.75) is 12.5 Å². The van der Waals surface area contributed by atoms with E-state index in [1.54, 1.807) is 18.5 Å². The van der Waals surface area contributed by atoms with Gasteiger partial charge in [-0.05, 0) is 30.2 Å². The number of ether oxygens (including phenoxy) is 1. The van der Waals surface area contributed by atoms with Gasteiger partial charge in [-0.25, -0.2) is 9.97 Å². The molecule has 0 radical (unpaired) electrons. The third-order valence-corrected chi connectivity index (χ3v) is 2.41. The largest absolute Gasteiger partial charge is 0.424 e. The van der Waals surface area contributed by atoms with Gasteiger partial charge < -0.3 is 15.6 Å². The molecule has 0 saturated carbocycles. The highest BCUT2D eigenvalue weighted by atomic mass is 16.5. The van der Waals surface area contributed by atoms with Crippen molar-refractivity contribution in [3.8, 4) is 11.8 Å². The van der Waals surface area contributed by atoms with Crippen molar-refractivity contribution in [2.24, 2.45) is 5.73 Å². The van der Waals surface area contributed by atoms with E-state index in [-0.39, 0.29) is 12.6 Å². The average Bonchev–Trinajstić information content (AvgIpc) is 2.42. The number of benzene rings is 1. The molecule has 1 aromatic heterocycles. The maximum Gasteiger partial charge on any atom is 0.321 e. The lowest BCUT2D eigenvalue weighted by Gasteiger charge is -2.08. The first-order valence-corrected chi connectivity index (χ1v) is 5.68. The van der Waals surface area contributed by atoms with E-state index in [1.165, 1.54) is 0 Å². The van der Waals surface area contributed by atoms with Gasteiger partial charge in [0.25, 0.3) is 0 Å². The molecule has 2 aromatic rings. The lowest BCUT2D eigenvalue weighted by atomic mass is 10.1. The lowest BCUT2D eigenvalue weighted by Crippen LogP contribution is -2.26. The number of aromatic nitrogens is 2. The van der Waals surface area contributed by atoms with Gasteiger partial charge in [0.05, 0.1) is 6.61 Å². The SMILES string of the molecule is NC(CO)Cc1ccc(Oc2ncccn2)cc1. The quantitative estimate of drug-likeness (QED) is 0.825. The van der Waals surface area contributed by atoms with Crippen molar-refractivity contribution in [2.75, 3.05) is 6.61 Å². The van der Waals surface area contributed by atoms with Gasteiger partial charge in [-0.3, -0.25) is 0 Å². The van der Waals surface area contributed by atoms with Crippen molar-refractivity contribution in [1.82, 2.24) is 9.97 Å². The minimum atomic E-state index is -0.228. The number of nitrogens with zero attached hydrogens (tertiary/aromatic N) is 2. The Morgan fingerprint density at radius 2 is 1.83 bits per heavy atom. The number of rotatable bonds is 5. The highest BCUT2D eigenvalue weighted by molar-refractivity contribution is 5.29. The first kappa shape index (κ1) is 12.5. The lowest BCUT2D eigenvalue weighted by molar-refractivity contribution is 0.265. The molecule has 0 fully saturated rings. The van der Waals surface area contributed by atoms with Crippen LogP contribution in [-0.4, -0.2) is 27.7 Å². The second kappa shape index (κ2) is 6.09. The van der Waals surface area contributed by atoms with Crippen LogP contribution in [0.15, 0.2) is 42.7 Å². The molecule has 2 rings (SSSR count). The number of aliphatic hydroxyl groups excluding tert-OH is 1. The van der Waals surface area contributed by atoms with E-state index in [2.05, 4.69) is 9.97 Å². The van der Waals surface area contributed by atoms with Crippen LogP contribution in [0.1, 0.15) is 5.56 Å². The zero-order valence-corrected chi connectivity index (χ0v) is 9.86. The fourth-order valence-electron chi connectivity index (χ4n) is 1.50. The number of hydrogen-bond acceptors (Lipinski definition) is 5. The van der Waals surface area contributed by atoms with Crippen LogP contribution in [0.5, 0.6) is 11.8 Å². The fraction of sp³-hybridized carbons (Fsp3) is 0.231. The van der Waals surface area contributed by atoms with Crippen molar-refractivity contribution in [1.29, 1.82) is 0 Å². The van der Waals surface area contributed by atoms with Gasteiger partial charge in [0.1, 0.15) is 5.75 Å². The Labute approximate surface area is 105 Å². The smallest absolute Gasteiger partial charge is 0.321 e. The first-order valence-electron chi connectivity index (χ1n) is 5.68. The van der Waals surface area contributed by atoms with Crippen molar-refractivity contribution >= 4 is 0 Å². The van der Waals surface area contributed by atoms with E-state index in [4.69, 9.17) is 15.6 Å². The Balaban J connectivity index is 2.00. The number of aliphatic hydroxyl groups is 1. The topological polar surface area (TPSA) is 81.3 Å². The van der Waals surface area contributed by atoms with E-state index in [9.17, 15) is 0 Å². The van der Waals surface area contributed by atoms with Gasteiger partial charge in [0.2, 0.25) is 0 Å². The molecule has 0 amide bonds. The Bertz CT molecular complexity index is 473. The maximum absolute atomic E-state index is 8.88. The third-order valence-electron chi connectivity index (χ3n) is 2.41. The molecule has 5 nitrogen and oxygen atoms in total. The van der Waals surface area contributed by atoms with Gasteiger partial charge in [-0.1, -0.05) is 12.1 Å². The van der Waals surface area contributed by atoms with Crippen LogP contribution in [0.2, 0.25) is 0 Å². The van der Waals surface area contributed by atoms with Gasteiger partial charge in [0.15, 0.2) is 0 Å². The first-order chi connectivity index (χ1) is 8.78. The van der Waals surface area contributed by atoms with Crippen molar-refractivity contribution < 1.29 is 9.84 Å². The molecule has 0 aliphatic rings. The summed E-state index contributed by atoms with van der Waals surface area (Å²) in [5, 5.41) is 8.88. The molecule has 0 saturated heterocycles. The van der Waals surface area contributed by atoms with Crippen molar-refractivity contribution in [3.63, 3.8) is 0 Å². The summed E-state index contributed by atoms with van der Waals surface area (Å²) in [7, 11) is 0. The summed E-state index contributed by atoms with van der Waals surface area (Å²) in [4.78, 5) is 7.94. The maximum atomic E-state index is 8.88. The summed E-state index contributed by atoms with van der Waals surface area (Å²) in [5.74, 6) is 0.669. The Hall–Kier alpha value is -1.98. The molecule has 1 heterocycles. The van der Waals surface area contributed by atoms with Gasteiger partial charge in [-0.2, -0.15) is 0 Å². The summed E-state index contributed by atoms with van der Waals surface area (Å²) in [5.41, 5.74) is 6.72. The predicted octanol–water partition coefficient (Wildman–Crippen LogP) is 1.13. The minimum absolute atomic E-state index is 0.0178. The third kappa shape index (κ3) is 3.51. The molecule has 0 aliphatic carbocycles. The summed E-state index contributed by atoms with van der Waals surface area (Å²) in [6, 6.07) is 9.30. The summed E-state index contributed by atoms with van der Waals surface area (Å²) >= 11 is 0. The van der Waals surface area contributed by atoms with Gasteiger partial charge in [0, 0.05) is 18.4 Å². The van der Waals surface area contributed by atoms with E-state index in [0.29, 0.717) is 18.2 Å². The van der Waals surface area contributed by atoms with E-state index in [1.807, 2.05) is 24.3 Å². The molecule has 0 spiro atoms. The second-order valence-electron chi connectivity index (χ2n) is 3.92. The van der Waals surface area contributed by atoms with Crippen molar-refractivity contribution in [3.05, 3.63) is 48.3 Å². The standard InChI is InChI=1S/C13H15N3O2/c14-11(9-17)8-10-2-4-12(5-3-10)18-13-15-6-1-7-16-13/h1-7,11,17H,8-9,14H2. The Morgan fingerprint density at radius 1 is 1.17 bits per heavy atom. The normalized spacial score (nSPS) is 12.1. The Morgan fingerprint density at radius 3 is 2.44 bits per heavy atom. The molecular weight excluding hydrogens is 230 g/mol. The monoisotopic (exact) mass is 245 g/mol. The summed E-state index contributed by atoms with van der Waals surface area (Å²) in [6.07, 6.45) is 3.88.